The number of nitrogens with one attached hydrogen (secondary N) is 1. The second kappa shape index (κ2) is 5.41. The van der Waals surface area contributed by atoms with E-state index in [0.29, 0.717) is 5.41 Å². The van der Waals surface area contributed by atoms with Gasteiger partial charge in [0.1, 0.15) is 0 Å². The van der Waals surface area contributed by atoms with E-state index in [1.165, 1.54) is 24.8 Å². The van der Waals surface area contributed by atoms with Crippen LogP contribution in [0, 0.1) is 5.41 Å². The van der Waals surface area contributed by atoms with Gasteiger partial charge >= 0.3 is 0 Å². The minimum Gasteiger partial charge on any atom is -0.490 e. The highest BCUT2D eigenvalue weighted by Gasteiger charge is 2.39. The van der Waals surface area contributed by atoms with Crippen molar-refractivity contribution in [2.45, 2.75) is 39.2 Å². The smallest absolute Gasteiger partial charge is 0.161 e. The predicted molar refractivity (Wildman–Crippen MR) is 75.7 cm³/mol. The highest BCUT2D eigenvalue weighted by molar-refractivity contribution is 5.43. The lowest BCUT2D eigenvalue weighted by atomic mass is 10.0. The van der Waals surface area contributed by atoms with Crippen molar-refractivity contribution in [3.63, 3.8) is 0 Å². The van der Waals surface area contributed by atoms with Crippen molar-refractivity contribution in [1.82, 2.24) is 5.32 Å². The Morgan fingerprint density at radius 1 is 1.16 bits per heavy atom. The third-order valence-electron chi connectivity index (χ3n) is 4.35. The summed E-state index contributed by atoms with van der Waals surface area (Å²) in [5.74, 6) is 1.78. The summed E-state index contributed by atoms with van der Waals surface area (Å²) in [5, 5.41) is 3.58. The first kappa shape index (κ1) is 12.8. The van der Waals surface area contributed by atoms with Crippen LogP contribution in [-0.4, -0.2) is 19.8 Å². The molecule has 0 atom stereocenters. The van der Waals surface area contributed by atoms with Crippen LogP contribution < -0.4 is 14.8 Å². The standard InChI is InChI=1S/C16H23NO2/c1-2-16(6-7-16)12-17-11-13-4-5-14-15(10-13)19-9-3-8-18-14/h4-5,10,17H,2-3,6-9,11-12H2,1H3. The van der Waals surface area contributed by atoms with E-state index in [1.54, 1.807) is 0 Å². The van der Waals surface area contributed by atoms with Gasteiger partial charge in [-0.2, -0.15) is 0 Å². The zero-order valence-electron chi connectivity index (χ0n) is 11.7. The monoisotopic (exact) mass is 261 g/mol. The number of fused-ring (bicyclic) bond motifs is 1. The van der Waals surface area contributed by atoms with Crippen molar-refractivity contribution in [3.05, 3.63) is 23.8 Å². The summed E-state index contributed by atoms with van der Waals surface area (Å²) < 4.78 is 11.4. The Morgan fingerprint density at radius 3 is 2.68 bits per heavy atom. The van der Waals surface area contributed by atoms with Crippen LogP contribution in [0.1, 0.15) is 38.2 Å². The third-order valence-corrected chi connectivity index (χ3v) is 4.35. The highest BCUT2D eigenvalue weighted by Crippen LogP contribution is 2.47. The molecule has 3 rings (SSSR count). The van der Waals surface area contributed by atoms with Gasteiger partial charge in [-0.3, -0.25) is 0 Å². The summed E-state index contributed by atoms with van der Waals surface area (Å²) in [6.45, 7) is 5.85. The number of ether oxygens (including phenoxy) is 2. The van der Waals surface area contributed by atoms with Gasteiger partial charge in [0.05, 0.1) is 13.2 Å². The van der Waals surface area contributed by atoms with Gasteiger partial charge in [-0.15, -0.1) is 0 Å². The molecule has 0 amide bonds. The minimum atomic E-state index is 0.602. The quantitative estimate of drug-likeness (QED) is 0.883. The molecule has 2 aliphatic rings. The molecule has 1 N–H and O–H groups in total. The maximum atomic E-state index is 5.72. The van der Waals surface area contributed by atoms with Crippen LogP contribution in [0.3, 0.4) is 0 Å². The topological polar surface area (TPSA) is 30.5 Å². The van der Waals surface area contributed by atoms with Gasteiger partial charge in [0.2, 0.25) is 0 Å². The fraction of sp³-hybridized carbons (Fsp3) is 0.625. The fourth-order valence-corrected chi connectivity index (χ4v) is 2.62. The van der Waals surface area contributed by atoms with Crippen molar-refractivity contribution in [1.29, 1.82) is 0 Å². The van der Waals surface area contributed by atoms with Crippen LogP contribution in [0.25, 0.3) is 0 Å². The van der Waals surface area contributed by atoms with E-state index in [0.717, 1.165) is 44.2 Å². The van der Waals surface area contributed by atoms with Crippen molar-refractivity contribution < 1.29 is 9.47 Å². The van der Waals surface area contributed by atoms with Crippen molar-refractivity contribution >= 4 is 0 Å². The first-order valence-corrected chi connectivity index (χ1v) is 7.41. The van der Waals surface area contributed by atoms with E-state index in [1.807, 2.05) is 6.07 Å². The Bertz CT molecular complexity index is 440. The van der Waals surface area contributed by atoms with Gasteiger partial charge in [0, 0.05) is 19.5 Å². The van der Waals surface area contributed by atoms with Crippen molar-refractivity contribution in [2.24, 2.45) is 5.41 Å². The lowest BCUT2D eigenvalue weighted by Gasteiger charge is -2.14. The second-order valence-corrected chi connectivity index (χ2v) is 5.79. The number of hydrogen-bond acceptors (Lipinski definition) is 3. The van der Waals surface area contributed by atoms with Crippen LogP contribution in [0.2, 0.25) is 0 Å². The summed E-state index contributed by atoms with van der Waals surface area (Å²) in [6.07, 6.45) is 5.03. The molecule has 1 aliphatic heterocycles. The molecule has 0 bridgehead atoms. The fourth-order valence-electron chi connectivity index (χ4n) is 2.62. The van der Waals surface area contributed by atoms with Gasteiger partial charge in [0.15, 0.2) is 11.5 Å². The largest absolute Gasteiger partial charge is 0.490 e. The van der Waals surface area contributed by atoms with Gasteiger partial charge in [-0.05, 0) is 42.4 Å². The molecule has 0 unspecified atom stereocenters. The summed E-state index contributed by atoms with van der Waals surface area (Å²) in [5.41, 5.74) is 1.88. The van der Waals surface area contributed by atoms with Crippen LogP contribution >= 0.6 is 0 Å². The van der Waals surface area contributed by atoms with E-state index in [9.17, 15) is 0 Å². The molecule has 0 spiro atoms. The molecule has 1 heterocycles. The van der Waals surface area contributed by atoms with Gasteiger partial charge in [0.25, 0.3) is 0 Å². The molecule has 1 aromatic carbocycles. The molecule has 19 heavy (non-hydrogen) atoms. The Balaban J connectivity index is 1.57. The molecule has 1 aromatic rings. The summed E-state index contributed by atoms with van der Waals surface area (Å²) in [7, 11) is 0. The summed E-state index contributed by atoms with van der Waals surface area (Å²) in [4.78, 5) is 0. The maximum Gasteiger partial charge on any atom is 0.161 e. The third kappa shape index (κ3) is 3.03. The van der Waals surface area contributed by atoms with E-state index < -0.39 is 0 Å². The number of hydrogen-bond donors (Lipinski definition) is 1. The lowest BCUT2D eigenvalue weighted by molar-refractivity contribution is 0.297. The van der Waals surface area contributed by atoms with Gasteiger partial charge < -0.3 is 14.8 Å². The molecule has 0 aromatic heterocycles. The van der Waals surface area contributed by atoms with E-state index >= 15 is 0 Å². The highest BCUT2D eigenvalue weighted by atomic mass is 16.5. The van der Waals surface area contributed by atoms with Crippen molar-refractivity contribution in [3.8, 4) is 11.5 Å². The Morgan fingerprint density at radius 2 is 1.95 bits per heavy atom. The number of benzene rings is 1. The predicted octanol–water partition coefficient (Wildman–Crippen LogP) is 3.13. The maximum absolute atomic E-state index is 5.72. The Labute approximate surface area is 115 Å². The molecular weight excluding hydrogens is 238 g/mol. The van der Waals surface area contributed by atoms with Crippen LogP contribution in [0.5, 0.6) is 11.5 Å². The van der Waals surface area contributed by atoms with Gasteiger partial charge in [-0.25, -0.2) is 0 Å². The molecule has 1 fully saturated rings. The van der Waals surface area contributed by atoms with Crippen LogP contribution in [-0.2, 0) is 6.54 Å². The summed E-state index contributed by atoms with van der Waals surface area (Å²) in [6, 6.07) is 6.27. The minimum absolute atomic E-state index is 0.602. The SMILES string of the molecule is CCC1(CNCc2ccc3c(c2)OCCCO3)CC1. The zero-order valence-corrected chi connectivity index (χ0v) is 11.7. The number of rotatable bonds is 5. The zero-order chi connectivity index (χ0) is 13.1. The van der Waals surface area contributed by atoms with E-state index in [2.05, 4.69) is 24.4 Å². The van der Waals surface area contributed by atoms with Gasteiger partial charge in [-0.1, -0.05) is 13.0 Å². The lowest BCUT2D eigenvalue weighted by Crippen LogP contribution is -2.23. The molecule has 1 aliphatic carbocycles. The van der Waals surface area contributed by atoms with Crippen LogP contribution in [0.15, 0.2) is 18.2 Å². The Kier molecular flexibility index (Phi) is 3.65. The molecule has 3 nitrogen and oxygen atoms in total. The van der Waals surface area contributed by atoms with Crippen LogP contribution in [0.4, 0.5) is 0 Å². The average Bonchev–Trinajstić information content (AvgIpc) is 3.22. The van der Waals surface area contributed by atoms with Crippen molar-refractivity contribution in [2.75, 3.05) is 19.8 Å². The first-order chi connectivity index (χ1) is 9.31. The second-order valence-electron chi connectivity index (χ2n) is 5.79. The van der Waals surface area contributed by atoms with E-state index in [4.69, 9.17) is 9.47 Å². The molecule has 0 radical (unpaired) electrons. The molecule has 3 heteroatoms. The Hall–Kier alpha value is -1.22. The average molecular weight is 261 g/mol. The molecule has 0 saturated heterocycles. The van der Waals surface area contributed by atoms with E-state index in [-0.39, 0.29) is 0 Å². The molecule has 1 saturated carbocycles. The molecule has 104 valence electrons. The normalized spacial score (nSPS) is 19.8. The summed E-state index contributed by atoms with van der Waals surface area (Å²) >= 11 is 0. The molecular formula is C16H23NO2. The first-order valence-electron chi connectivity index (χ1n) is 7.41.